The molecule has 1 aromatic carbocycles. The van der Waals surface area contributed by atoms with Crippen molar-refractivity contribution >= 4 is 0 Å². The van der Waals surface area contributed by atoms with Crippen LogP contribution < -0.4 is 10.2 Å². The van der Waals surface area contributed by atoms with E-state index in [-0.39, 0.29) is 12.1 Å². The van der Waals surface area contributed by atoms with Crippen molar-refractivity contribution in [3.63, 3.8) is 0 Å². The number of rotatable bonds is 5. The number of alkyl halides is 6. The first-order valence-corrected chi connectivity index (χ1v) is 4.92. The quantitative estimate of drug-likeness (QED) is 0.513. The van der Waals surface area contributed by atoms with Gasteiger partial charge < -0.3 is 4.74 Å². The lowest BCUT2D eigenvalue weighted by Crippen LogP contribution is -2.24. The second-order valence-corrected chi connectivity index (χ2v) is 3.42. The molecule has 0 aromatic heterocycles. The smallest absolute Gasteiger partial charge is 0.406 e. The zero-order valence-corrected chi connectivity index (χ0v) is 9.31. The van der Waals surface area contributed by atoms with Crippen LogP contribution in [0.25, 0.3) is 0 Å². The zero-order valence-electron chi connectivity index (χ0n) is 9.31. The van der Waals surface area contributed by atoms with Crippen LogP contribution >= 0.6 is 0 Å². The lowest BCUT2D eigenvalue weighted by atomic mass is 10.2. The van der Waals surface area contributed by atoms with Crippen LogP contribution in [0.4, 0.5) is 26.3 Å². The maximum Gasteiger partial charge on any atom is 0.573 e. The first-order chi connectivity index (χ1) is 8.66. The van der Waals surface area contributed by atoms with Crippen LogP contribution in [0.5, 0.6) is 5.75 Å². The molecule has 108 valence electrons. The Bertz CT molecular complexity index is 404. The van der Waals surface area contributed by atoms with Gasteiger partial charge in [-0.05, 0) is 17.7 Å². The van der Waals surface area contributed by atoms with E-state index in [4.69, 9.17) is 0 Å². The fraction of sp³-hybridized carbons (Fsp3) is 0.400. The first-order valence-electron chi connectivity index (χ1n) is 4.92. The van der Waals surface area contributed by atoms with Gasteiger partial charge in [-0.25, -0.2) is 0 Å². The molecule has 0 spiro atoms. The van der Waals surface area contributed by atoms with Crippen LogP contribution in [0.1, 0.15) is 5.56 Å². The summed E-state index contributed by atoms with van der Waals surface area (Å²) in [6, 6.07) is 4.81. The van der Waals surface area contributed by atoms with Gasteiger partial charge in [0, 0.05) is 6.54 Å². The Morgan fingerprint density at radius 1 is 1.05 bits per heavy atom. The average Bonchev–Trinajstić information content (AvgIpc) is 2.21. The number of hydroxylamine groups is 1. The van der Waals surface area contributed by atoms with Gasteiger partial charge in [-0.3, -0.25) is 4.84 Å². The molecule has 0 unspecified atom stereocenters. The summed E-state index contributed by atoms with van der Waals surface area (Å²) in [5.41, 5.74) is 2.27. The molecule has 0 heterocycles. The molecule has 0 aliphatic carbocycles. The monoisotopic (exact) mass is 289 g/mol. The molecule has 0 saturated heterocycles. The maximum absolute atomic E-state index is 11.9. The molecule has 1 rings (SSSR count). The van der Waals surface area contributed by atoms with Crippen molar-refractivity contribution in [2.45, 2.75) is 19.1 Å². The fourth-order valence-electron chi connectivity index (χ4n) is 1.12. The van der Waals surface area contributed by atoms with Gasteiger partial charge in [0.05, 0.1) is 0 Å². The molecule has 1 aromatic rings. The summed E-state index contributed by atoms with van der Waals surface area (Å²) < 4.78 is 74.6. The Labute approximate surface area is 104 Å². The van der Waals surface area contributed by atoms with E-state index >= 15 is 0 Å². The molecular formula is C10H9F6NO2. The van der Waals surface area contributed by atoms with Crippen LogP contribution in [0.2, 0.25) is 0 Å². The molecule has 0 saturated carbocycles. The molecule has 0 aliphatic heterocycles. The van der Waals surface area contributed by atoms with E-state index in [1.54, 1.807) is 0 Å². The van der Waals surface area contributed by atoms with E-state index < -0.39 is 24.9 Å². The third-order valence-corrected chi connectivity index (χ3v) is 1.75. The van der Waals surface area contributed by atoms with Crippen molar-refractivity contribution < 1.29 is 35.9 Å². The largest absolute Gasteiger partial charge is 0.573 e. The predicted octanol–water partition coefficient (Wildman–Crippen LogP) is 3.17. The first kappa shape index (κ1) is 15.6. The summed E-state index contributed by atoms with van der Waals surface area (Å²) in [5.74, 6) is -0.456. The normalized spacial score (nSPS) is 12.5. The van der Waals surface area contributed by atoms with E-state index in [1.807, 2.05) is 5.48 Å². The maximum atomic E-state index is 11.9. The van der Waals surface area contributed by atoms with Gasteiger partial charge in [-0.1, -0.05) is 12.1 Å². The Hall–Kier alpha value is -1.48. The second-order valence-electron chi connectivity index (χ2n) is 3.42. The lowest BCUT2D eigenvalue weighted by Gasteiger charge is -2.11. The third-order valence-electron chi connectivity index (χ3n) is 1.75. The Morgan fingerprint density at radius 3 is 2.32 bits per heavy atom. The van der Waals surface area contributed by atoms with Gasteiger partial charge in [0.15, 0.2) is 6.61 Å². The number of hydrogen-bond donors (Lipinski definition) is 1. The standard InChI is InChI=1S/C10H9F6NO2/c11-9(12,13)6-18-17-5-7-2-1-3-8(4-7)19-10(14,15)16/h1-4,17H,5-6H2. The molecule has 1 N–H and O–H groups in total. The molecule has 0 amide bonds. The predicted molar refractivity (Wildman–Crippen MR) is 52.0 cm³/mol. The number of ether oxygens (including phenoxy) is 1. The molecule has 0 fully saturated rings. The second kappa shape index (κ2) is 6.11. The minimum atomic E-state index is -4.82. The summed E-state index contributed by atoms with van der Waals surface area (Å²) >= 11 is 0. The highest BCUT2D eigenvalue weighted by Crippen LogP contribution is 2.23. The average molecular weight is 289 g/mol. The van der Waals surface area contributed by atoms with Crippen LogP contribution in [-0.2, 0) is 11.4 Å². The zero-order chi connectivity index (χ0) is 14.5. The third kappa shape index (κ3) is 7.52. The number of halogens is 6. The lowest BCUT2D eigenvalue weighted by molar-refractivity contribution is -0.274. The molecule has 3 nitrogen and oxygen atoms in total. The van der Waals surface area contributed by atoms with Crippen molar-refractivity contribution in [3.8, 4) is 5.75 Å². The molecule has 9 heteroatoms. The van der Waals surface area contributed by atoms with Crippen LogP contribution in [0, 0.1) is 0 Å². The van der Waals surface area contributed by atoms with Crippen molar-refractivity contribution in [2.24, 2.45) is 0 Å². The highest BCUT2D eigenvalue weighted by atomic mass is 19.4. The van der Waals surface area contributed by atoms with Crippen molar-refractivity contribution in [1.29, 1.82) is 0 Å². The summed E-state index contributed by atoms with van der Waals surface area (Å²) in [6.45, 7) is -1.68. The molecule has 0 radical (unpaired) electrons. The van der Waals surface area contributed by atoms with Crippen molar-refractivity contribution in [1.82, 2.24) is 5.48 Å². The molecule has 0 aliphatic rings. The van der Waals surface area contributed by atoms with E-state index in [1.165, 1.54) is 12.1 Å². The number of nitrogens with one attached hydrogen (secondary N) is 1. The minimum absolute atomic E-state index is 0.189. The molecule has 0 bridgehead atoms. The van der Waals surface area contributed by atoms with Crippen molar-refractivity contribution in [2.75, 3.05) is 6.61 Å². The summed E-state index contributed by atoms with van der Waals surface area (Å²) in [4.78, 5) is 4.10. The Kier molecular flexibility index (Phi) is 5.01. The summed E-state index contributed by atoms with van der Waals surface area (Å²) in [7, 11) is 0. The highest BCUT2D eigenvalue weighted by molar-refractivity contribution is 5.28. The van der Waals surface area contributed by atoms with Gasteiger partial charge in [0.1, 0.15) is 5.75 Å². The number of hydrogen-bond acceptors (Lipinski definition) is 3. The molecule has 0 atom stereocenters. The van der Waals surface area contributed by atoms with Gasteiger partial charge >= 0.3 is 12.5 Å². The van der Waals surface area contributed by atoms with Gasteiger partial charge in [0.25, 0.3) is 0 Å². The van der Waals surface area contributed by atoms with E-state index in [0.29, 0.717) is 0 Å². The van der Waals surface area contributed by atoms with Gasteiger partial charge in [-0.2, -0.15) is 18.7 Å². The highest BCUT2D eigenvalue weighted by Gasteiger charge is 2.31. The summed E-state index contributed by atoms with van der Waals surface area (Å²) in [5, 5.41) is 0. The summed E-state index contributed by atoms with van der Waals surface area (Å²) in [6.07, 6.45) is -9.30. The van der Waals surface area contributed by atoms with E-state index in [2.05, 4.69) is 9.57 Å². The van der Waals surface area contributed by atoms with Crippen LogP contribution in [0.3, 0.4) is 0 Å². The Balaban J connectivity index is 2.44. The SMILES string of the molecule is FC(F)(F)CONCc1cccc(OC(F)(F)F)c1. The van der Waals surface area contributed by atoms with Gasteiger partial charge in [-0.15, -0.1) is 13.2 Å². The minimum Gasteiger partial charge on any atom is -0.406 e. The topological polar surface area (TPSA) is 30.5 Å². The van der Waals surface area contributed by atoms with E-state index in [0.717, 1.165) is 12.1 Å². The molecular weight excluding hydrogens is 280 g/mol. The van der Waals surface area contributed by atoms with Crippen LogP contribution in [0.15, 0.2) is 24.3 Å². The molecule has 19 heavy (non-hydrogen) atoms. The number of benzene rings is 1. The van der Waals surface area contributed by atoms with Crippen LogP contribution in [-0.4, -0.2) is 19.1 Å². The fourth-order valence-corrected chi connectivity index (χ4v) is 1.12. The Morgan fingerprint density at radius 2 is 1.74 bits per heavy atom. The van der Waals surface area contributed by atoms with E-state index in [9.17, 15) is 26.3 Å². The van der Waals surface area contributed by atoms with Gasteiger partial charge in [0.2, 0.25) is 0 Å². The van der Waals surface area contributed by atoms with Crippen molar-refractivity contribution in [3.05, 3.63) is 29.8 Å².